The van der Waals surface area contributed by atoms with Gasteiger partial charge in [0, 0.05) is 12.6 Å². The van der Waals surface area contributed by atoms with Gasteiger partial charge in [-0.3, -0.25) is 4.79 Å². The smallest absolute Gasteiger partial charge is 0.251 e. The van der Waals surface area contributed by atoms with Gasteiger partial charge in [0.05, 0.1) is 6.10 Å². The number of ether oxygens (including phenoxy) is 1. The second-order valence-corrected chi connectivity index (χ2v) is 5.27. The van der Waals surface area contributed by atoms with Crippen molar-refractivity contribution in [1.29, 1.82) is 0 Å². The van der Waals surface area contributed by atoms with Crippen LogP contribution in [-0.2, 0) is 9.53 Å². The van der Waals surface area contributed by atoms with Gasteiger partial charge in [-0.15, -0.1) is 0 Å². The molecular weight excluding hydrogens is 216 g/mol. The third kappa shape index (κ3) is 2.99. The number of carbonyl (C=O) groups excluding carboxylic acids is 1. The van der Waals surface area contributed by atoms with Gasteiger partial charge in [-0.25, -0.2) is 0 Å². The highest BCUT2D eigenvalue weighted by atomic mass is 16.5. The van der Waals surface area contributed by atoms with Crippen LogP contribution >= 0.6 is 0 Å². The van der Waals surface area contributed by atoms with Crippen molar-refractivity contribution in [3.63, 3.8) is 0 Å². The quantitative estimate of drug-likeness (QED) is 0.808. The fraction of sp³-hybridized carbons (Fsp3) is 0.923. The predicted octanol–water partition coefficient (Wildman–Crippen LogP) is 1.28. The zero-order valence-electron chi connectivity index (χ0n) is 10.7. The van der Waals surface area contributed by atoms with Crippen molar-refractivity contribution in [2.75, 3.05) is 13.1 Å². The van der Waals surface area contributed by atoms with Crippen molar-refractivity contribution in [2.45, 2.75) is 63.7 Å². The molecule has 4 nitrogen and oxygen atoms in total. The van der Waals surface area contributed by atoms with Crippen LogP contribution in [-0.4, -0.2) is 42.1 Å². The lowest BCUT2D eigenvalue weighted by Gasteiger charge is -2.37. The average Bonchev–Trinajstić information content (AvgIpc) is 2.76. The topological polar surface area (TPSA) is 55.6 Å². The van der Waals surface area contributed by atoms with E-state index in [1.54, 1.807) is 0 Å². The highest BCUT2D eigenvalue weighted by Gasteiger charge is 2.35. The van der Waals surface area contributed by atoms with Crippen LogP contribution < -0.4 is 5.73 Å². The minimum Gasteiger partial charge on any atom is -0.365 e. The summed E-state index contributed by atoms with van der Waals surface area (Å²) in [6.45, 7) is 3.59. The lowest BCUT2D eigenvalue weighted by Crippen LogP contribution is -2.48. The fourth-order valence-electron chi connectivity index (χ4n) is 2.95. The van der Waals surface area contributed by atoms with Crippen molar-refractivity contribution in [3.05, 3.63) is 0 Å². The molecule has 0 saturated carbocycles. The van der Waals surface area contributed by atoms with Gasteiger partial charge in [-0.05, 0) is 52.0 Å². The molecule has 17 heavy (non-hydrogen) atoms. The molecule has 0 spiro atoms. The van der Waals surface area contributed by atoms with Gasteiger partial charge in [-0.1, -0.05) is 0 Å². The van der Waals surface area contributed by atoms with Crippen molar-refractivity contribution in [3.8, 4) is 0 Å². The predicted molar refractivity (Wildman–Crippen MR) is 66.6 cm³/mol. The first kappa shape index (κ1) is 12.8. The summed E-state index contributed by atoms with van der Waals surface area (Å²) in [5, 5.41) is 0. The molecule has 2 fully saturated rings. The van der Waals surface area contributed by atoms with Gasteiger partial charge in [0.25, 0.3) is 5.91 Å². The molecule has 0 radical (unpaired) electrons. The van der Waals surface area contributed by atoms with E-state index < -0.39 is 0 Å². The third-order valence-corrected chi connectivity index (χ3v) is 3.92. The number of rotatable bonds is 3. The van der Waals surface area contributed by atoms with Crippen LogP contribution in [0, 0.1) is 0 Å². The maximum absolute atomic E-state index is 12.4. The van der Waals surface area contributed by atoms with E-state index in [9.17, 15) is 4.79 Å². The molecule has 0 bridgehead atoms. The number of hydrogen-bond acceptors (Lipinski definition) is 3. The maximum atomic E-state index is 12.4. The van der Waals surface area contributed by atoms with Crippen LogP contribution in [0.1, 0.15) is 45.4 Å². The number of carbonyl (C=O) groups is 1. The Hall–Kier alpha value is -0.610. The number of nitrogens with two attached hydrogens (primary N) is 1. The Morgan fingerprint density at radius 2 is 2.18 bits per heavy atom. The summed E-state index contributed by atoms with van der Waals surface area (Å²) < 4.78 is 5.68. The molecule has 1 amide bonds. The molecule has 0 aliphatic carbocycles. The van der Waals surface area contributed by atoms with E-state index in [0.29, 0.717) is 12.6 Å². The Kier molecular flexibility index (Phi) is 4.40. The standard InChI is InChI=1S/C13H24N2O2/c1-10-5-6-12(17-10)13(16)15-9-3-2-4-11(15)7-8-14/h10-12H,2-9,14H2,1H3. The van der Waals surface area contributed by atoms with Crippen molar-refractivity contribution < 1.29 is 9.53 Å². The van der Waals surface area contributed by atoms with E-state index in [1.165, 1.54) is 6.42 Å². The van der Waals surface area contributed by atoms with Crippen LogP contribution in [0.5, 0.6) is 0 Å². The first-order chi connectivity index (χ1) is 8.22. The van der Waals surface area contributed by atoms with E-state index in [4.69, 9.17) is 10.5 Å². The number of likely N-dealkylation sites (tertiary alicyclic amines) is 1. The van der Waals surface area contributed by atoms with E-state index in [1.807, 2.05) is 11.8 Å². The normalized spacial score (nSPS) is 34.0. The average molecular weight is 240 g/mol. The van der Waals surface area contributed by atoms with E-state index in [0.717, 1.165) is 38.6 Å². The Morgan fingerprint density at radius 3 is 2.82 bits per heavy atom. The molecule has 2 saturated heterocycles. The molecule has 3 unspecified atom stereocenters. The van der Waals surface area contributed by atoms with E-state index >= 15 is 0 Å². The molecule has 2 rings (SSSR count). The Morgan fingerprint density at radius 1 is 1.35 bits per heavy atom. The summed E-state index contributed by atoms with van der Waals surface area (Å²) in [6, 6.07) is 0.348. The van der Waals surface area contributed by atoms with Crippen molar-refractivity contribution >= 4 is 5.91 Å². The second-order valence-electron chi connectivity index (χ2n) is 5.27. The highest BCUT2D eigenvalue weighted by Crippen LogP contribution is 2.25. The minimum absolute atomic E-state index is 0.191. The van der Waals surface area contributed by atoms with E-state index in [-0.39, 0.29) is 18.1 Å². The van der Waals surface area contributed by atoms with Gasteiger partial charge in [0.1, 0.15) is 6.10 Å². The molecule has 2 heterocycles. The van der Waals surface area contributed by atoms with Gasteiger partial charge >= 0.3 is 0 Å². The maximum Gasteiger partial charge on any atom is 0.251 e. The summed E-state index contributed by atoms with van der Waals surface area (Å²) >= 11 is 0. The van der Waals surface area contributed by atoms with Crippen LogP contribution in [0.25, 0.3) is 0 Å². The third-order valence-electron chi connectivity index (χ3n) is 3.92. The van der Waals surface area contributed by atoms with Crippen LogP contribution in [0.2, 0.25) is 0 Å². The zero-order valence-corrected chi connectivity index (χ0v) is 10.7. The van der Waals surface area contributed by atoms with Crippen LogP contribution in [0.3, 0.4) is 0 Å². The largest absolute Gasteiger partial charge is 0.365 e. The number of piperidine rings is 1. The van der Waals surface area contributed by atoms with E-state index in [2.05, 4.69) is 0 Å². The summed E-state index contributed by atoms with van der Waals surface area (Å²) in [4.78, 5) is 14.4. The first-order valence-electron chi connectivity index (χ1n) is 6.88. The molecular formula is C13H24N2O2. The monoisotopic (exact) mass is 240 g/mol. The van der Waals surface area contributed by atoms with Crippen LogP contribution in [0.4, 0.5) is 0 Å². The SMILES string of the molecule is CC1CCC(C(=O)N2CCCCC2CCN)O1. The van der Waals surface area contributed by atoms with Gasteiger partial charge in [-0.2, -0.15) is 0 Å². The van der Waals surface area contributed by atoms with Crippen LogP contribution in [0.15, 0.2) is 0 Å². The van der Waals surface area contributed by atoms with Gasteiger partial charge in [0.2, 0.25) is 0 Å². The number of nitrogens with zero attached hydrogens (tertiary/aromatic N) is 1. The fourth-order valence-corrected chi connectivity index (χ4v) is 2.95. The second kappa shape index (κ2) is 5.83. The zero-order chi connectivity index (χ0) is 12.3. The molecule has 0 aromatic carbocycles. The Balaban J connectivity index is 1.95. The highest BCUT2D eigenvalue weighted by molar-refractivity contribution is 5.81. The number of hydrogen-bond donors (Lipinski definition) is 1. The molecule has 2 aliphatic rings. The minimum atomic E-state index is -0.191. The van der Waals surface area contributed by atoms with Crippen molar-refractivity contribution in [1.82, 2.24) is 4.90 Å². The molecule has 2 aliphatic heterocycles. The van der Waals surface area contributed by atoms with Crippen molar-refractivity contribution in [2.24, 2.45) is 5.73 Å². The summed E-state index contributed by atoms with van der Waals surface area (Å²) in [7, 11) is 0. The summed E-state index contributed by atoms with van der Waals surface area (Å²) in [5.41, 5.74) is 5.63. The first-order valence-corrected chi connectivity index (χ1v) is 6.88. The number of amides is 1. The van der Waals surface area contributed by atoms with Gasteiger partial charge in [0.15, 0.2) is 0 Å². The lowest BCUT2D eigenvalue weighted by atomic mass is 9.98. The molecule has 0 aromatic heterocycles. The Bertz CT molecular complexity index is 268. The van der Waals surface area contributed by atoms with Gasteiger partial charge < -0.3 is 15.4 Å². The summed E-state index contributed by atoms with van der Waals surface area (Å²) in [5.74, 6) is 0.201. The molecule has 3 atom stereocenters. The molecule has 4 heteroatoms. The molecule has 2 N–H and O–H groups in total. The molecule has 98 valence electrons. The lowest BCUT2D eigenvalue weighted by molar-refractivity contribution is -0.146. The summed E-state index contributed by atoms with van der Waals surface area (Å²) in [6.07, 6.45) is 6.30. The Labute approximate surface area is 103 Å². The molecule has 0 aromatic rings.